The van der Waals surface area contributed by atoms with Crippen LogP contribution >= 0.6 is 0 Å². The molecule has 1 aliphatic rings. The van der Waals surface area contributed by atoms with E-state index in [0.717, 1.165) is 26.1 Å². The Morgan fingerprint density at radius 1 is 0.897 bits per heavy atom. The van der Waals surface area contributed by atoms with Crippen molar-refractivity contribution in [1.29, 1.82) is 0 Å². The molecule has 6 nitrogen and oxygen atoms in total. The third-order valence-electron chi connectivity index (χ3n) is 5.19. The molecular weight excluding hydrogens is 386 g/mol. The van der Waals surface area contributed by atoms with Crippen LogP contribution in [0.5, 0.6) is 0 Å². The van der Waals surface area contributed by atoms with Crippen LogP contribution in [-0.4, -0.2) is 69.3 Å². The first-order chi connectivity index (χ1) is 14.0. The van der Waals surface area contributed by atoms with Crippen LogP contribution in [0.4, 0.5) is 4.79 Å². The van der Waals surface area contributed by atoms with Gasteiger partial charge in [0.05, 0.1) is 10.6 Å². The number of urea groups is 1. The zero-order valence-corrected chi connectivity index (χ0v) is 17.5. The first-order valence-electron chi connectivity index (χ1n) is 10.1. The molecule has 0 unspecified atom stereocenters. The minimum Gasteiger partial charge on any atom is -0.338 e. The van der Waals surface area contributed by atoms with E-state index < -0.39 is 9.84 Å². The Balaban J connectivity index is 1.33. The van der Waals surface area contributed by atoms with Gasteiger partial charge in [-0.1, -0.05) is 48.5 Å². The molecule has 1 saturated heterocycles. The first-order valence-corrected chi connectivity index (χ1v) is 11.8. The van der Waals surface area contributed by atoms with E-state index in [-0.39, 0.29) is 11.8 Å². The van der Waals surface area contributed by atoms with Gasteiger partial charge < -0.3 is 10.2 Å². The number of nitrogens with one attached hydrogen (secondary N) is 1. The van der Waals surface area contributed by atoms with E-state index in [1.165, 1.54) is 5.56 Å². The highest BCUT2D eigenvalue weighted by molar-refractivity contribution is 7.91. The van der Waals surface area contributed by atoms with Crippen molar-refractivity contribution in [3.8, 4) is 0 Å². The number of rotatable bonds is 8. The van der Waals surface area contributed by atoms with Crippen LogP contribution in [0.3, 0.4) is 0 Å². The van der Waals surface area contributed by atoms with Gasteiger partial charge in [0.1, 0.15) is 0 Å². The SMILES string of the molecule is O=C(NCCCS(=O)(=O)c1ccccc1)N1CCN(CCc2ccccc2)CC1. The van der Waals surface area contributed by atoms with Gasteiger partial charge in [0, 0.05) is 39.3 Å². The molecule has 2 aromatic rings. The molecule has 1 heterocycles. The Hall–Kier alpha value is -2.38. The molecule has 0 radical (unpaired) electrons. The van der Waals surface area contributed by atoms with E-state index >= 15 is 0 Å². The molecular formula is C22H29N3O3S. The second-order valence-electron chi connectivity index (χ2n) is 7.28. The largest absolute Gasteiger partial charge is 0.338 e. The second-order valence-corrected chi connectivity index (χ2v) is 9.39. The van der Waals surface area contributed by atoms with Gasteiger partial charge in [-0.2, -0.15) is 0 Å². The molecule has 0 saturated carbocycles. The van der Waals surface area contributed by atoms with Gasteiger partial charge in [0.25, 0.3) is 0 Å². The smallest absolute Gasteiger partial charge is 0.317 e. The van der Waals surface area contributed by atoms with Crippen LogP contribution in [-0.2, 0) is 16.3 Å². The van der Waals surface area contributed by atoms with E-state index in [9.17, 15) is 13.2 Å². The number of hydrogen-bond donors (Lipinski definition) is 1. The predicted molar refractivity (Wildman–Crippen MR) is 115 cm³/mol. The summed E-state index contributed by atoms with van der Waals surface area (Å²) in [5.74, 6) is 0.0323. The molecule has 0 aromatic heterocycles. The van der Waals surface area contributed by atoms with Crippen molar-refractivity contribution in [1.82, 2.24) is 15.1 Å². The Labute approximate surface area is 173 Å². The average molecular weight is 416 g/mol. The van der Waals surface area contributed by atoms with Gasteiger partial charge >= 0.3 is 6.03 Å². The molecule has 2 amide bonds. The highest BCUT2D eigenvalue weighted by Gasteiger charge is 2.21. The first kappa shape index (κ1) is 21.3. The van der Waals surface area contributed by atoms with Crippen LogP contribution in [0.2, 0.25) is 0 Å². The monoisotopic (exact) mass is 415 g/mol. The third-order valence-corrected chi connectivity index (χ3v) is 7.00. The Morgan fingerprint density at radius 3 is 2.17 bits per heavy atom. The summed E-state index contributed by atoms with van der Waals surface area (Å²) in [5, 5.41) is 2.85. The van der Waals surface area contributed by atoms with Crippen LogP contribution in [0, 0.1) is 0 Å². The molecule has 0 aliphatic carbocycles. The van der Waals surface area contributed by atoms with E-state index in [0.29, 0.717) is 31.0 Å². The fourth-order valence-electron chi connectivity index (χ4n) is 3.42. The topological polar surface area (TPSA) is 69.7 Å². The number of hydrogen-bond acceptors (Lipinski definition) is 4. The molecule has 29 heavy (non-hydrogen) atoms. The van der Waals surface area contributed by atoms with E-state index in [4.69, 9.17) is 0 Å². The molecule has 156 valence electrons. The molecule has 3 rings (SSSR count). The van der Waals surface area contributed by atoms with Crippen molar-refractivity contribution in [3.63, 3.8) is 0 Å². The quantitative estimate of drug-likeness (QED) is 0.673. The number of piperazine rings is 1. The molecule has 1 N–H and O–H groups in total. The highest BCUT2D eigenvalue weighted by atomic mass is 32.2. The van der Waals surface area contributed by atoms with Crippen molar-refractivity contribution in [2.75, 3.05) is 45.0 Å². The third kappa shape index (κ3) is 6.58. The zero-order valence-electron chi connectivity index (χ0n) is 16.7. The lowest BCUT2D eigenvalue weighted by atomic mass is 10.1. The molecule has 0 bridgehead atoms. The Bertz CT molecular complexity index is 865. The summed E-state index contributed by atoms with van der Waals surface area (Å²) in [6.45, 7) is 4.48. The Morgan fingerprint density at radius 2 is 1.52 bits per heavy atom. The number of amides is 2. The van der Waals surface area contributed by atoms with Crippen LogP contribution in [0.15, 0.2) is 65.6 Å². The van der Waals surface area contributed by atoms with Gasteiger partial charge in [-0.05, 0) is 30.5 Å². The molecule has 0 spiro atoms. The summed E-state index contributed by atoms with van der Waals surface area (Å²) in [6.07, 6.45) is 1.42. The van der Waals surface area contributed by atoms with E-state index in [1.807, 2.05) is 11.0 Å². The highest BCUT2D eigenvalue weighted by Crippen LogP contribution is 2.11. The Kier molecular flexibility index (Phi) is 7.66. The zero-order chi connectivity index (χ0) is 20.5. The van der Waals surface area contributed by atoms with Crippen molar-refractivity contribution < 1.29 is 13.2 Å². The standard InChI is InChI=1S/C22H29N3O3S/c26-22(23-13-7-19-29(27,28)21-10-5-2-6-11-21)25-17-15-24(16-18-25)14-12-20-8-3-1-4-9-20/h1-6,8-11H,7,12-19H2,(H,23,26). The summed E-state index contributed by atoms with van der Waals surface area (Å²) < 4.78 is 24.5. The lowest BCUT2D eigenvalue weighted by molar-refractivity contribution is 0.140. The maximum atomic E-state index is 12.3. The fourth-order valence-corrected chi connectivity index (χ4v) is 4.75. The molecule has 1 fully saturated rings. The van der Waals surface area contributed by atoms with Gasteiger partial charge in [-0.3, -0.25) is 4.90 Å². The second kappa shape index (κ2) is 10.4. The minimum atomic E-state index is -3.29. The van der Waals surface area contributed by atoms with Crippen molar-refractivity contribution >= 4 is 15.9 Å². The van der Waals surface area contributed by atoms with Crippen molar-refractivity contribution in [2.24, 2.45) is 0 Å². The maximum Gasteiger partial charge on any atom is 0.317 e. The van der Waals surface area contributed by atoms with Crippen molar-refractivity contribution in [3.05, 3.63) is 66.2 Å². The molecule has 7 heteroatoms. The molecule has 0 atom stereocenters. The summed E-state index contributed by atoms with van der Waals surface area (Å²) in [4.78, 5) is 16.8. The van der Waals surface area contributed by atoms with Crippen LogP contribution < -0.4 is 5.32 Å². The lowest BCUT2D eigenvalue weighted by Crippen LogP contribution is -2.52. The number of nitrogens with zero attached hydrogens (tertiary/aromatic N) is 2. The fraction of sp³-hybridized carbons (Fsp3) is 0.409. The molecule has 1 aliphatic heterocycles. The van der Waals surface area contributed by atoms with E-state index in [1.54, 1.807) is 30.3 Å². The van der Waals surface area contributed by atoms with Gasteiger partial charge in [0.2, 0.25) is 0 Å². The number of carbonyl (C=O) groups is 1. The summed E-state index contributed by atoms with van der Waals surface area (Å²) in [7, 11) is -3.29. The van der Waals surface area contributed by atoms with Gasteiger partial charge in [-0.15, -0.1) is 0 Å². The van der Waals surface area contributed by atoms with E-state index in [2.05, 4.69) is 34.5 Å². The summed E-state index contributed by atoms with van der Waals surface area (Å²) in [5.41, 5.74) is 1.33. The summed E-state index contributed by atoms with van der Waals surface area (Å²) >= 11 is 0. The lowest BCUT2D eigenvalue weighted by Gasteiger charge is -2.34. The summed E-state index contributed by atoms with van der Waals surface area (Å²) in [6, 6.07) is 18.7. The number of benzene rings is 2. The van der Waals surface area contributed by atoms with Crippen molar-refractivity contribution in [2.45, 2.75) is 17.7 Å². The predicted octanol–water partition coefficient (Wildman–Crippen LogP) is 2.42. The molecule has 2 aromatic carbocycles. The van der Waals surface area contributed by atoms with Crippen LogP contribution in [0.1, 0.15) is 12.0 Å². The van der Waals surface area contributed by atoms with Crippen LogP contribution in [0.25, 0.3) is 0 Å². The minimum absolute atomic E-state index is 0.0323. The number of carbonyl (C=O) groups excluding carboxylic acids is 1. The number of sulfone groups is 1. The average Bonchev–Trinajstić information content (AvgIpc) is 2.77. The van der Waals surface area contributed by atoms with Gasteiger partial charge in [-0.25, -0.2) is 13.2 Å². The normalized spacial score (nSPS) is 15.2. The van der Waals surface area contributed by atoms with Gasteiger partial charge in [0.15, 0.2) is 9.84 Å². The maximum absolute atomic E-state index is 12.3.